The predicted octanol–water partition coefficient (Wildman–Crippen LogP) is 4.60. The summed E-state index contributed by atoms with van der Waals surface area (Å²) in [5.74, 6) is 2.36. The van der Waals surface area contributed by atoms with E-state index in [0.717, 1.165) is 11.1 Å². The van der Waals surface area contributed by atoms with Crippen LogP contribution >= 0.6 is 0 Å². The molecule has 0 aliphatic heterocycles. The maximum Gasteiger partial charge on any atom is 0.270 e. The van der Waals surface area contributed by atoms with Crippen LogP contribution in [-0.4, -0.2) is 60.3 Å². The first kappa shape index (κ1) is 27.1. The fraction of sp³-hybridized carbons (Fsp3) is 0.250. The maximum atomic E-state index is 13.5. The van der Waals surface area contributed by atoms with Gasteiger partial charge >= 0.3 is 0 Å². The standard InChI is InChI=1S/C28H28N4O7/c1-36-23-10-8-20(9-11-23)27-29-26(39-30-27)14-16-31(28(33)21-5-4-6-22(18-21)32(34)35)15-13-19-7-12-24(37-2)25(17-19)38-3/h4-12,17-18H,13-16H2,1-3H3. The molecule has 0 radical (unpaired) electrons. The zero-order valence-corrected chi connectivity index (χ0v) is 21.8. The van der Waals surface area contributed by atoms with Crippen LogP contribution in [0, 0.1) is 10.1 Å². The SMILES string of the molecule is COc1ccc(-c2noc(CCN(CCc3ccc(OC)c(OC)c3)C(=O)c3cccc([N+](=O)[O-])c3)n2)cc1. The van der Waals surface area contributed by atoms with E-state index in [1.165, 1.54) is 18.2 Å². The number of benzene rings is 3. The van der Waals surface area contributed by atoms with E-state index in [1.54, 1.807) is 50.5 Å². The molecule has 39 heavy (non-hydrogen) atoms. The monoisotopic (exact) mass is 532 g/mol. The number of non-ortho nitro benzene ring substituents is 1. The molecule has 11 nitrogen and oxygen atoms in total. The molecule has 0 N–H and O–H groups in total. The van der Waals surface area contributed by atoms with Gasteiger partial charge in [0, 0.05) is 42.8 Å². The van der Waals surface area contributed by atoms with E-state index in [4.69, 9.17) is 18.7 Å². The van der Waals surface area contributed by atoms with Crippen molar-refractivity contribution in [3.63, 3.8) is 0 Å². The van der Waals surface area contributed by atoms with Crippen LogP contribution in [0.5, 0.6) is 17.2 Å². The average Bonchev–Trinajstić information content (AvgIpc) is 3.45. The van der Waals surface area contributed by atoms with Gasteiger partial charge in [0.05, 0.1) is 26.3 Å². The predicted molar refractivity (Wildman–Crippen MR) is 142 cm³/mol. The first-order valence-electron chi connectivity index (χ1n) is 12.1. The van der Waals surface area contributed by atoms with Gasteiger partial charge in [-0.05, 0) is 54.4 Å². The summed E-state index contributed by atoms with van der Waals surface area (Å²) in [6.45, 7) is 0.607. The number of amides is 1. The number of nitro benzene ring substituents is 1. The summed E-state index contributed by atoms with van der Waals surface area (Å²) >= 11 is 0. The molecule has 4 aromatic rings. The Bertz CT molecular complexity index is 1440. The highest BCUT2D eigenvalue weighted by Crippen LogP contribution is 2.28. The molecule has 0 atom stereocenters. The molecule has 0 aliphatic carbocycles. The molecule has 0 saturated heterocycles. The van der Waals surface area contributed by atoms with Gasteiger partial charge in [-0.15, -0.1) is 0 Å². The molecular formula is C28H28N4O7. The van der Waals surface area contributed by atoms with Crippen LogP contribution in [0.3, 0.4) is 0 Å². The van der Waals surface area contributed by atoms with E-state index in [-0.39, 0.29) is 23.7 Å². The van der Waals surface area contributed by atoms with Gasteiger partial charge in [0.15, 0.2) is 11.5 Å². The molecule has 1 amide bonds. The minimum Gasteiger partial charge on any atom is -0.497 e. The second kappa shape index (κ2) is 12.5. The normalized spacial score (nSPS) is 10.6. The number of nitrogens with zero attached hydrogens (tertiary/aromatic N) is 4. The van der Waals surface area contributed by atoms with Gasteiger partial charge in [0.1, 0.15) is 5.75 Å². The fourth-order valence-electron chi connectivity index (χ4n) is 3.99. The summed E-state index contributed by atoms with van der Waals surface area (Å²) in [6.07, 6.45) is 0.817. The summed E-state index contributed by atoms with van der Waals surface area (Å²) in [4.78, 5) is 30.3. The summed E-state index contributed by atoms with van der Waals surface area (Å²) in [6, 6.07) is 18.5. The van der Waals surface area contributed by atoms with Crippen LogP contribution in [0.25, 0.3) is 11.4 Å². The van der Waals surface area contributed by atoms with E-state index < -0.39 is 4.92 Å². The molecular weight excluding hydrogens is 504 g/mol. The van der Waals surface area contributed by atoms with Crippen LogP contribution in [0.2, 0.25) is 0 Å². The number of ether oxygens (including phenoxy) is 3. The molecule has 3 aromatic carbocycles. The number of hydrogen-bond acceptors (Lipinski definition) is 9. The average molecular weight is 533 g/mol. The van der Waals surface area contributed by atoms with Crippen molar-refractivity contribution in [2.45, 2.75) is 12.8 Å². The fourth-order valence-corrected chi connectivity index (χ4v) is 3.99. The number of rotatable bonds is 12. The van der Waals surface area contributed by atoms with Crippen LogP contribution < -0.4 is 14.2 Å². The third-order valence-electron chi connectivity index (χ3n) is 6.12. The zero-order valence-electron chi connectivity index (χ0n) is 21.8. The Labute approximate surface area is 225 Å². The van der Waals surface area contributed by atoms with Crippen LogP contribution in [0.1, 0.15) is 21.8 Å². The topological polar surface area (TPSA) is 130 Å². The second-order valence-corrected chi connectivity index (χ2v) is 8.53. The van der Waals surface area contributed by atoms with Crippen molar-refractivity contribution in [3.05, 3.63) is 93.9 Å². The lowest BCUT2D eigenvalue weighted by Gasteiger charge is -2.22. The maximum absolute atomic E-state index is 13.5. The third kappa shape index (κ3) is 6.69. The minimum absolute atomic E-state index is 0.151. The highest BCUT2D eigenvalue weighted by molar-refractivity contribution is 5.94. The molecule has 4 rings (SSSR count). The summed E-state index contributed by atoms with van der Waals surface area (Å²) in [5, 5.41) is 15.3. The molecule has 0 saturated carbocycles. The van der Waals surface area contributed by atoms with E-state index in [2.05, 4.69) is 10.1 Å². The molecule has 0 fully saturated rings. The van der Waals surface area contributed by atoms with Crippen molar-refractivity contribution in [2.24, 2.45) is 0 Å². The number of methoxy groups -OCH3 is 3. The lowest BCUT2D eigenvalue weighted by Crippen LogP contribution is -2.35. The molecule has 202 valence electrons. The van der Waals surface area contributed by atoms with Gasteiger partial charge in [-0.2, -0.15) is 4.98 Å². The number of nitro groups is 1. The summed E-state index contributed by atoms with van der Waals surface area (Å²) in [5.41, 5.74) is 1.77. The third-order valence-corrected chi connectivity index (χ3v) is 6.12. The van der Waals surface area contributed by atoms with E-state index >= 15 is 0 Å². The molecule has 11 heteroatoms. The molecule has 1 heterocycles. The van der Waals surface area contributed by atoms with E-state index in [1.807, 2.05) is 24.3 Å². The molecule has 1 aromatic heterocycles. The lowest BCUT2D eigenvalue weighted by molar-refractivity contribution is -0.384. The first-order valence-corrected chi connectivity index (χ1v) is 12.1. The van der Waals surface area contributed by atoms with Gasteiger partial charge in [-0.3, -0.25) is 14.9 Å². The zero-order chi connectivity index (χ0) is 27.8. The number of carbonyl (C=O) groups excluding carboxylic acids is 1. The van der Waals surface area contributed by atoms with Gasteiger partial charge in [0.2, 0.25) is 11.7 Å². The Kier molecular flexibility index (Phi) is 8.72. The van der Waals surface area contributed by atoms with Crippen molar-refractivity contribution >= 4 is 11.6 Å². The lowest BCUT2D eigenvalue weighted by atomic mass is 10.1. The Morgan fingerprint density at radius 3 is 2.36 bits per heavy atom. The Morgan fingerprint density at radius 1 is 0.923 bits per heavy atom. The Morgan fingerprint density at radius 2 is 1.67 bits per heavy atom. The second-order valence-electron chi connectivity index (χ2n) is 8.53. The van der Waals surface area contributed by atoms with Crippen molar-refractivity contribution in [1.29, 1.82) is 0 Å². The number of carbonyl (C=O) groups is 1. The summed E-state index contributed by atoms with van der Waals surface area (Å²) in [7, 11) is 4.71. The molecule has 0 aliphatic rings. The largest absolute Gasteiger partial charge is 0.497 e. The molecule has 0 bridgehead atoms. The molecule has 0 unspecified atom stereocenters. The quantitative estimate of drug-likeness (QED) is 0.190. The van der Waals surface area contributed by atoms with Crippen LogP contribution in [0.4, 0.5) is 5.69 Å². The first-order chi connectivity index (χ1) is 18.9. The van der Waals surface area contributed by atoms with Crippen LogP contribution in [-0.2, 0) is 12.8 Å². The Balaban J connectivity index is 1.52. The van der Waals surface area contributed by atoms with E-state index in [9.17, 15) is 14.9 Å². The minimum atomic E-state index is -0.524. The smallest absolute Gasteiger partial charge is 0.270 e. The van der Waals surface area contributed by atoms with Gasteiger partial charge in [0.25, 0.3) is 11.6 Å². The van der Waals surface area contributed by atoms with Gasteiger partial charge in [-0.1, -0.05) is 17.3 Å². The summed E-state index contributed by atoms with van der Waals surface area (Å²) < 4.78 is 21.3. The van der Waals surface area contributed by atoms with Crippen molar-refractivity contribution in [2.75, 3.05) is 34.4 Å². The Hall–Kier alpha value is -4.93. The molecule has 0 spiro atoms. The van der Waals surface area contributed by atoms with Crippen molar-refractivity contribution in [1.82, 2.24) is 15.0 Å². The van der Waals surface area contributed by atoms with Gasteiger partial charge < -0.3 is 23.6 Å². The van der Waals surface area contributed by atoms with Crippen molar-refractivity contribution in [3.8, 4) is 28.6 Å². The number of hydrogen-bond donors (Lipinski definition) is 0. The number of aromatic nitrogens is 2. The highest BCUT2D eigenvalue weighted by atomic mass is 16.6. The highest BCUT2D eigenvalue weighted by Gasteiger charge is 2.20. The van der Waals surface area contributed by atoms with Gasteiger partial charge in [-0.25, -0.2) is 0 Å². The van der Waals surface area contributed by atoms with E-state index in [0.29, 0.717) is 48.4 Å². The van der Waals surface area contributed by atoms with Crippen LogP contribution in [0.15, 0.2) is 71.3 Å². The van der Waals surface area contributed by atoms with Crippen molar-refractivity contribution < 1.29 is 28.5 Å².